The van der Waals surface area contributed by atoms with E-state index in [1.165, 1.54) is 13.2 Å². The smallest absolute Gasteiger partial charge is 0.277 e. The first-order valence-electron chi connectivity index (χ1n) is 5.41. The van der Waals surface area contributed by atoms with E-state index >= 15 is 0 Å². The highest BCUT2D eigenvalue weighted by molar-refractivity contribution is 9.10. The van der Waals surface area contributed by atoms with E-state index in [1.54, 1.807) is 18.2 Å². The number of nitrogens with two attached hydrogens (primary N) is 1. The van der Waals surface area contributed by atoms with Gasteiger partial charge in [-0.15, -0.1) is 0 Å². The summed E-state index contributed by atoms with van der Waals surface area (Å²) in [6.07, 6.45) is 0. The third-order valence-corrected chi connectivity index (χ3v) is 3.02. The zero-order chi connectivity index (χ0) is 13.8. The molecule has 0 fully saturated rings. The van der Waals surface area contributed by atoms with Crippen LogP contribution in [0.25, 0.3) is 0 Å². The van der Waals surface area contributed by atoms with E-state index in [9.17, 15) is 4.79 Å². The van der Waals surface area contributed by atoms with Gasteiger partial charge >= 0.3 is 0 Å². The van der Waals surface area contributed by atoms with Gasteiger partial charge in [-0.3, -0.25) is 4.79 Å². The summed E-state index contributed by atoms with van der Waals surface area (Å²) < 4.78 is 10.5. The molecule has 7 heteroatoms. The number of ether oxygens (including phenoxy) is 1. The topological polar surface area (TPSA) is 90.4 Å². The number of benzene rings is 1. The van der Waals surface area contributed by atoms with Gasteiger partial charge in [-0.2, -0.15) is 0 Å². The van der Waals surface area contributed by atoms with Crippen LogP contribution in [-0.4, -0.2) is 18.2 Å². The number of carbonyl (C=O) groups excluding carboxylic acids is 1. The van der Waals surface area contributed by atoms with E-state index in [4.69, 9.17) is 15.0 Å². The molecule has 0 saturated carbocycles. The van der Waals surface area contributed by atoms with Gasteiger partial charge in [0.05, 0.1) is 0 Å². The van der Waals surface area contributed by atoms with Crippen LogP contribution in [0.5, 0.6) is 0 Å². The summed E-state index contributed by atoms with van der Waals surface area (Å²) in [5, 5.41) is 6.36. The van der Waals surface area contributed by atoms with Gasteiger partial charge in [0.15, 0.2) is 11.5 Å². The summed E-state index contributed by atoms with van der Waals surface area (Å²) in [5.41, 5.74) is 7.07. The van der Waals surface area contributed by atoms with Crippen molar-refractivity contribution in [1.29, 1.82) is 0 Å². The van der Waals surface area contributed by atoms with Crippen LogP contribution in [0, 0.1) is 0 Å². The maximum atomic E-state index is 11.9. The normalized spacial score (nSPS) is 10.4. The number of aromatic nitrogens is 1. The van der Waals surface area contributed by atoms with Gasteiger partial charge in [0, 0.05) is 29.0 Å². The SMILES string of the molecule is COCc1cc(C(=O)Nc2ccc(N)c(Br)c2)no1. The van der Waals surface area contributed by atoms with E-state index < -0.39 is 0 Å². The van der Waals surface area contributed by atoms with Crippen molar-refractivity contribution in [2.45, 2.75) is 6.61 Å². The van der Waals surface area contributed by atoms with Crippen molar-refractivity contribution in [3.8, 4) is 0 Å². The number of amides is 1. The molecule has 19 heavy (non-hydrogen) atoms. The lowest BCUT2D eigenvalue weighted by atomic mass is 10.2. The maximum Gasteiger partial charge on any atom is 0.277 e. The minimum absolute atomic E-state index is 0.194. The van der Waals surface area contributed by atoms with E-state index in [1.807, 2.05) is 0 Å². The first-order chi connectivity index (χ1) is 9.10. The summed E-state index contributed by atoms with van der Waals surface area (Å²) in [6, 6.07) is 6.64. The van der Waals surface area contributed by atoms with E-state index in [2.05, 4.69) is 26.4 Å². The van der Waals surface area contributed by atoms with Crippen molar-refractivity contribution >= 4 is 33.2 Å². The molecular weight excluding hydrogens is 314 g/mol. The predicted octanol–water partition coefficient (Wildman–Crippen LogP) is 2.42. The van der Waals surface area contributed by atoms with Gasteiger partial charge in [0.2, 0.25) is 0 Å². The molecule has 0 unspecified atom stereocenters. The number of halogens is 1. The molecule has 0 atom stereocenters. The van der Waals surface area contributed by atoms with E-state index in [0.717, 1.165) is 0 Å². The predicted molar refractivity (Wildman–Crippen MR) is 73.7 cm³/mol. The second-order valence-corrected chi connectivity index (χ2v) is 4.66. The Morgan fingerprint density at radius 1 is 1.53 bits per heavy atom. The molecule has 0 saturated heterocycles. The summed E-state index contributed by atoms with van der Waals surface area (Å²) in [5.74, 6) is 0.133. The van der Waals surface area contributed by atoms with Gasteiger partial charge in [-0.1, -0.05) is 5.16 Å². The average Bonchev–Trinajstić information content (AvgIpc) is 2.83. The third-order valence-electron chi connectivity index (χ3n) is 2.34. The lowest BCUT2D eigenvalue weighted by molar-refractivity contribution is 0.101. The van der Waals surface area contributed by atoms with Crippen molar-refractivity contribution in [3.63, 3.8) is 0 Å². The Balaban J connectivity index is 2.09. The third kappa shape index (κ3) is 3.33. The second kappa shape index (κ2) is 5.85. The van der Waals surface area contributed by atoms with Gasteiger partial charge in [0.1, 0.15) is 6.61 Å². The van der Waals surface area contributed by atoms with Gasteiger partial charge in [-0.05, 0) is 34.1 Å². The van der Waals surface area contributed by atoms with Gasteiger partial charge in [0.25, 0.3) is 5.91 Å². The van der Waals surface area contributed by atoms with Crippen LogP contribution in [0.4, 0.5) is 11.4 Å². The van der Waals surface area contributed by atoms with Gasteiger partial charge in [-0.25, -0.2) is 0 Å². The Morgan fingerprint density at radius 3 is 3.00 bits per heavy atom. The summed E-state index contributed by atoms with van der Waals surface area (Å²) >= 11 is 3.29. The van der Waals surface area contributed by atoms with Crippen LogP contribution >= 0.6 is 15.9 Å². The highest BCUT2D eigenvalue weighted by Crippen LogP contribution is 2.23. The largest absolute Gasteiger partial charge is 0.398 e. The monoisotopic (exact) mass is 325 g/mol. The molecule has 3 N–H and O–H groups in total. The first kappa shape index (κ1) is 13.6. The van der Waals surface area contributed by atoms with Crippen molar-refractivity contribution in [2.75, 3.05) is 18.2 Å². The number of carbonyl (C=O) groups is 1. The number of nitrogens with one attached hydrogen (secondary N) is 1. The molecule has 1 heterocycles. The molecule has 2 aromatic rings. The minimum atomic E-state index is -0.359. The number of methoxy groups -OCH3 is 1. The summed E-state index contributed by atoms with van der Waals surface area (Å²) in [4.78, 5) is 11.9. The molecule has 0 spiro atoms. The zero-order valence-electron chi connectivity index (χ0n) is 10.1. The van der Waals surface area contributed by atoms with Crippen LogP contribution in [-0.2, 0) is 11.3 Å². The molecule has 1 amide bonds. The Labute approximate surface area is 118 Å². The molecule has 100 valence electrons. The Hall–Kier alpha value is -1.86. The number of nitrogen functional groups attached to an aromatic ring is 1. The molecule has 2 rings (SSSR count). The highest BCUT2D eigenvalue weighted by Gasteiger charge is 2.13. The van der Waals surface area contributed by atoms with Gasteiger partial charge < -0.3 is 20.3 Å². The molecule has 0 radical (unpaired) electrons. The molecule has 0 aliphatic heterocycles. The standard InChI is InChI=1S/C12H12BrN3O3/c1-18-6-8-5-11(16-19-8)12(17)15-7-2-3-10(14)9(13)4-7/h2-5H,6,14H2,1H3,(H,15,17). The molecule has 1 aromatic carbocycles. The molecule has 6 nitrogen and oxygen atoms in total. The Morgan fingerprint density at radius 2 is 2.32 bits per heavy atom. The Kier molecular flexibility index (Phi) is 4.18. The van der Waals surface area contributed by atoms with Crippen LogP contribution < -0.4 is 11.1 Å². The number of hydrogen-bond acceptors (Lipinski definition) is 5. The van der Waals surface area contributed by atoms with Crippen LogP contribution in [0.3, 0.4) is 0 Å². The molecule has 0 aliphatic carbocycles. The number of hydrogen-bond donors (Lipinski definition) is 2. The zero-order valence-corrected chi connectivity index (χ0v) is 11.7. The van der Waals surface area contributed by atoms with E-state index in [0.29, 0.717) is 21.6 Å². The number of anilines is 2. The fourth-order valence-electron chi connectivity index (χ4n) is 1.43. The fourth-order valence-corrected chi connectivity index (χ4v) is 1.81. The van der Waals surface area contributed by atoms with Crippen molar-refractivity contribution in [2.24, 2.45) is 0 Å². The van der Waals surface area contributed by atoms with Crippen LogP contribution in [0.1, 0.15) is 16.2 Å². The van der Waals surface area contributed by atoms with Crippen LogP contribution in [0.15, 0.2) is 33.3 Å². The van der Waals surface area contributed by atoms with Crippen molar-refractivity contribution < 1.29 is 14.1 Å². The van der Waals surface area contributed by atoms with Crippen molar-refractivity contribution in [1.82, 2.24) is 5.16 Å². The molecule has 1 aromatic heterocycles. The highest BCUT2D eigenvalue weighted by atomic mass is 79.9. The van der Waals surface area contributed by atoms with E-state index in [-0.39, 0.29) is 18.2 Å². The molecule has 0 aliphatic rings. The maximum absolute atomic E-state index is 11.9. The number of nitrogens with zero attached hydrogens (tertiary/aromatic N) is 1. The Bertz CT molecular complexity index is 598. The second-order valence-electron chi connectivity index (χ2n) is 3.80. The summed E-state index contributed by atoms with van der Waals surface area (Å²) in [7, 11) is 1.54. The fraction of sp³-hybridized carbons (Fsp3) is 0.167. The summed E-state index contributed by atoms with van der Waals surface area (Å²) in [6.45, 7) is 0.272. The quantitative estimate of drug-likeness (QED) is 0.842. The number of rotatable bonds is 4. The van der Waals surface area contributed by atoms with Crippen molar-refractivity contribution in [3.05, 3.63) is 40.2 Å². The minimum Gasteiger partial charge on any atom is -0.398 e. The lowest BCUT2D eigenvalue weighted by Crippen LogP contribution is -2.12. The van der Waals surface area contributed by atoms with Crippen LogP contribution in [0.2, 0.25) is 0 Å². The average molecular weight is 326 g/mol. The lowest BCUT2D eigenvalue weighted by Gasteiger charge is -2.04. The molecule has 0 bridgehead atoms. The molecular formula is C12H12BrN3O3. The first-order valence-corrected chi connectivity index (χ1v) is 6.20.